The second kappa shape index (κ2) is 6.91. The molecule has 0 spiro atoms. The van der Waals surface area contributed by atoms with Gasteiger partial charge in [0.1, 0.15) is 18.2 Å². The Labute approximate surface area is 102 Å². The third kappa shape index (κ3) is 4.44. The Kier molecular flexibility index (Phi) is 5.49. The van der Waals surface area contributed by atoms with E-state index in [0.717, 1.165) is 29.9 Å². The Hall–Kier alpha value is -1.55. The van der Waals surface area contributed by atoms with E-state index in [-0.39, 0.29) is 5.84 Å². The molecule has 0 aliphatic rings. The van der Waals surface area contributed by atoms with E-state index in [2.05, 4.69) is 6.92 Å². The molecule has 0 aliphatic carbocycles. The summed E-state index contributed by atoms with van der Waals surface area (Å²) in [5.41, 5.74) is 7.14. The summed E-state index contributed by atoms with van der Waals surface area (Å²) < 4.78 is 10.8. The first-order valence-electron chi connectivity index (χ1n) is 5.80. The van der Waals surface area contributed by atoms with Crippen LogP contribution >= 0.6 is 0 Å². The van der Waals surface area contributed by atoms with Gasteiger partial charge < -0.3 is 15.2 Å². The molecule has 4 heteroatoms. The zero-order valence-electron chi connectivity index (χ0n) is 10.5. The van der Waals surface area contributed by atoms with Crippen molar-refractivity contribution in [2.45, 2.75) is 20.3 Å². The van der Waals surface area contributed by atoms with E-state index in [1.165, 1.54) is 0 Å². The molecule has 0 unspecified atom stereocenters. The van der Waals surface area contributed by atoms with Crippen LogP contribution in [0.1, 0.15) is 24.5 Å². The molecule has 1 rings (SSSR count). The average Bonchev–Trinajstić information content (AvgIpc) is 2.28. The van der Waals surface area contributed by atoms with E-state index >= 15 is 0 Å². The third-order valence-corrected chi connectivity index (χ3v) is 2.33. The number of hydrogen-bond acceptors (Lipinski definition) is 3. The molecule has 0 aliphatic heterocycles. The monoisotopic (exact) mass is 236 g/mol. The van der Waals surface area contributed by atoms with Gasteiger partial charge >= 0.3 is 0 Å². The average molecular weight is 236 g/mol. The van der Waals surface area contributed by atoms with Gasteiger partial charge in [0.05, 0.1) is 6.61 Å². The fourth-order valence-electron chi connectivity index (χ4n) is 1.49. The minimum absolute atomic E-state index is 0.0836. The van der Waals surface area contributed by atoms with Gasteiger partial charge in [0.2, 0.25) is 0 Å². The van der Waals surface area contributed by atoms with Gasteiger partial charge in [0.25, 0.3) is 0 Å². The van der Waals surface area contributed by atoms with Crippen molar-refractivity contribution in [3.63, 3.8) is 0 Å². The highest BCUT2D eigenvalue weighted by atomic mass is 16.5. The molecule has 17 heavy (non-hydrogen) atoms. The molecule has 0 saturated carbocycles. The summed E-state index contributed by atoms with van der Waals surface area (Å²) in [6, 6.07) is 5.51. The maximum atomic E-state index is 7.38. The summed E-state index contributed by atoms with van der Waals surface area (Å²) in [7, 11) is 0. The second-order valence-corrected chi connectivity index (χ2v) is 3.85. The topological polar surface area (TPSA) is 68.3 Å². The first-order valence-corrected chi connectivity index (χ1v) is 5.80. The Morgan fingerprint density at radius 3 is 2.65 bits per heavy atom. The Balaban J connectivity index is 2.45. The minimum Gasteiger partial charge on any atom is -0.491 e. The Morgan fingerprint density at radius 2 is 2.06 bits per heavy atom. The highest BCUT2D eigenvalue weighted by Crippen LogP contribution is 2.16. The summed E-state index contributed by atoms with van der Waals surface area (Å²) in [6.45, 7) is 5.90. The SMILES string of the molecule is CCCOCCOc1ccc(C(=N)N)c(C)c1. The molecular weight excluding hydrogens is 216 g/mol. The lowest BCUT2D eigenvalue weighted by molar-refractivity contribution is 0.101. The van der Waals surface area contributed by atoms with Crippen LogP contribution in [0, 0.1) is 12.3 Å². The van der Waals surface area contributed by atoms with Gasteiger partial charge in [-0.25, -0.2) is 0 Å². The maximum absolute atomic E-state index is 7.38. The van der Waals surface area contributed by atoms with Gasteiger partial charge in [-0.3, -0.25) is 5.41 Å². The molecule has 94 valence electrons. The minimum atomic E-state index is 0.0836. The Morgan fingerprint density at radius 1 is 1.29 bits per heavy atom. The molecule has 4 nitrogen and oxygen atoms in total. The first-order chi connectivity index (χ1) is 8.15. The predicted octanol–water partition coefficient (Wildman–Crippen LogP) is 2.08. The van der Waals surface area contributed by atoms with Gasteiger partial charge in [-0.2, -0.15) is 0 Å². The number of amidine groups is 1. The summed E-state index contributed by atoms with van der Waals surface area (Å²) in [5.74, 6) is 0.868. The molecule has 0 bridgehead atoms. The number of hydrogen-bond donors (Lipinski definition) is 2. The lowest BCUT2D eigenvalue weighted by Gasteiger charge is -2.09. The van der Waals surface area contributed by atoms with Gasteiger partial charge in [-0.05, 0) is 37.1 Å². The Bertz CT molecular complexity index is 378. The van der Waals surface area contributed by atoms with Crippen LogP contribution in [-0.4, -0.2) is 25.7 Å². The first kappa shape index (κ1) is 13.5. The fraction of sp³-hybridized carbons (Fsp3) is 0.462. The van der Waals surface area contributed by atoms with Crippen molar-refractivity contribution in [3.8, 4) is 5.75 Å². The molecule has 1 aromatic carbocycles. The second-order valence-electron chi connectivity index (χ2n) is 3.85. The van der Waals surface area contributed by atoms with Crippen molar-refractivity contribution in [2.24, 2.45) is 5.73 Å². The lowest BCUT2D eigenvalue weighted by atomic mass is 10.1. The molecule has 0 saturated heterocycles. The van der Waals surface area contributed by atoms with Crippen molar-refractivity contribution in [2.75, 3.05) is 19.8 Å². The highest BCUT2D eigenvalue weighted by Gasteiger charge is 2.03. The van der Waals surface area contributed by atoms with E-state index in [0.29, 0.717) is 13.2 Å². The van der Waals surface area contributed by atoms with Gasteiger partial charge in [-0.1, -0.05) is 6.92 Å². The largest absolute Gasteiger partial charge is 0.491 e. The van der Waals surface area contributed by atoms with Crippen molar-refractivity contribution < 1.29 is 9.47 Å². The lowest BCUT2D eigenvalue weighted by Crippen LogP contribution is -2.13. The van der Waals surface area contributed by atoms with Crippen LogP contribution in [0.5, 0.6) is 5.75 Å². The molecule has 0 amide bonds. The molecule has 0 heterocycles. The van der Waals surface area contributed by atoms with Crippen LogP contribution in [0.3, 0.4) is 0 Å². The van der Waals surface area contributed by atoms with E-state index in [1.807, 2.05) is 19.1 Å². The predicted molar refractivity (Wildman–Crippen MR) is 68.8 cm³/mol. The summed E-state index contributed by atoms with van der Waals surface area (Å²) >= 11 is 0. The molecule has 3 N–H and O–H groups in total. The summed E-state index contributed by atoms with van der Waals surface area (Å²) in [6.07, 6.45) is 1.02. The van der Waals surface area contributed by atoms with Crippen LogP contribution in [0.15, 0.2) is 18.2 Å². The van der Waals surface area contributed by atoms with Gasteiger partial charge in [0, 0.05) is 12.2 Å². The highest BCUT2D eigenvalue weighted by molar-refractivity contribution is 5.96. The molecule has 0 radical (unpaired) electrons. The molecule has 0 atom stereocenters. The number of benzene rings is 1. The summed E-state index contributed by atoms with van der Waals surface area (Å²) in [5, 5.41) is 7.38. The van der Waals surface area contributed by atoms with Crippen molar-refractivity contribution in [1.82, 2.24) is 0 Å². The van der Waals surface area contributed by atoms with Gasteiger partial charge in [-0.15, -0.1) is 0 Å². The smallest absolute Gasteiger partial charge is 0.123 e. The van der Waals surface area contributed by atoms with Gasteiger partial charge in [0.15, 0.2) is 0 Å². The number of nitrogens with one attached hydrogen (secondary N) is 1. The number of aryl methyl sites for hydroxylation is 1. The zero-order chi connectivity index (χ0) is 12.7. The van der Waals surface area contributed by atoms with Crippen LogP contribution in [0.2, 0.25) is 0 Å². The fourth-order valence-corrected chi connectivity index (χ4v) is 1.49. The molecule has 0 fully saturated rings. The quantitative estimate of drug-likeness (QED) is 0.432. The molecular formula is C13H20N2O2. The number of ether oxygens (including phenoxy) is 2. The van der Waals surface area contributed by atoms with Crippen molar-refractivity contribution in [3.05, 3.63) is 29.3 Å². The molecule has 1 aromatic rings. The van der Waals surface area contributed by atoms with E-state index < -0.39 is 0 Å². The van der Waals surface area contributed by atoms with Crippen LogP contribution < -0.4 is 10.5 Å². The zero-order valence-corrected chi connectivity index (χ0v) is 10.5. The van der Waals surface area contributed by atoms with E-state index in [4.69, 9.17) is 20.6 Å². The van der Waals surface area contributed by atoms with E-state index in [9.17, 15) is 0 Å². The number of nitrogens with two attached hydrogens (primary N) is 1. The standard InChI is InChI=1S/C13H20N2O2/c1-3-6-16-7-8-17-11-4-5-12(13(14)15)10(2)9-11/h4-5,9H,3,6-8H2,1-2H3,(H3,14,15). The summed E-state index contributed by atoms with van der Waals surface area (Å²) in [4.78, 5) is 0. The van der Waals surface area contributed by atoms with Crippen molar-refractivity contribution >= 4 is 5.84 Å². The molecule has 0 aromatic heterocycles. The van der Waals surface area contributed by atoms with Crippen LogP contribution in [0.25, 0.3) is 0 Å². The normalized spacial score (nSPS) is 10.2. The van der Waals surface area contributed by atoms with Crippen molar-refractivity contribution in [1.29, 1.82) is 5.41 Å². The number of rotatable bonds is 7. The maximum Gasteiger partial charge on any atom is 0.123 e. The van der Waals surface area contributed by atoms with Crippen LogP contribution in [-0.2, 0) is 4.74 Å². The number of nitrogen functional groups attached to an aromatic ring is 1. The van der Waals surface area contributed by atoms with E-state index in [1.54, 1.807) is 6.07 Å². The third-order valence-electron chi connectivity index (χ3n) is 2.33. The van der Waals surface area contributed by atoms with Crippen LogP contribution in [0.4, 0.5) is 0 Å².